The van der Waals surface area contributed by atoms with Crippen LogP contribution in [0.1, 0.15) is 16.7 Å². The Hall–Kier alpha value is -2.04. The summed E-state index contributed by atoms with van der Waals surface area (Å²) in [5, 5.41) is 9.42. The molecule has 0 aliphatic carbocycles. The van der Waals surface area contributed by atoms with E-state index in [-0.39, 0.29) is 19.8 Å². The Morgan fingerprint density at radius 3 is 2.45 bits per heavy atom. The first-order valence-electron chi connectivity index (χ1n) is 6.81. The maximum Gasteiger partial charge on any atom is 0.344 e. The molecule has 0 saturated carbocycles. The van der Waals surface area contributed by atoms with Crippen LogP contribution in [0, 0.1) is 6.92 Å². The predicted octanol–water partition coefficient (Wildman–Crippen LogP) is 3.26. The average molecular weight is 321 g/mol. The molecule has 0 fully saturated rings. The normalized spacial score (nSPS) is 10.3. The molecular formula is C17H17ClO4. The van der Waals surface area contributed by atoms with E-state index in [1.165, 1.54) is 0 Å². The molecule has 0 saturated heterocycles. The van der Waals surface area contributed by atoms with Gasteiger partial charge in [0.2, 0.25) is 0 Å². The van der Waals surface area contributed by atoms with E-state index in [2.05, 4.69) is 0 Å². The molecule has 5 heteroatoms. The number of ether oxygens (including phenoxy) is 2. The first-order valence-corrected chi connectivity index (χ1v) is 7.19. The monoisotopic (exact) mass is 320 g/mol. The zero-order valence-electron chi connectivity index (χ0n) is 12.2. The summed E-state index contributed by atoms with van der Waals surface area (Å²) in [5.41, 5.74) is 2.68. The van der Waals surface area contributed by atoms with Gasteiger partial charge in [-0.25, -0.2) is 4.79 Å². The maximum atomic E-state index is 11.7. The number of hydrogen-bond donors (Lipinski definition) is 1. The van der Waals surface area contributed by atoms with Crippen molar-refractivity contribution in [1.82, 2.24) is 0 Å². The molecule has 0 aliphatic rings. The topological polar surface area (TPSA) is 55.8 Å². The van der Waals surface area contributed by atoms with Gasteiger partial charge in [-0.1, -0.05) is 41.9 Å². The highest BCUT2D eigenvalue weighted by Crippen LogP contribution is 2.25. The van der Waals surface area contributed by atoms with Crippen molar-refractivity contribution in [2.75, 3.05) is 6.61 Å². The smallest absolute Gasteiger partial charge is 0.344 e. The fourth-order valence-electron chi connectivity index (χ4n) is 1.81. The Morgan fingerprint density at radius 2 is 1.82 bits per heavy atom. The third-order valence-electron chi connectivity index (χ3n) is 3.04. The maximum absolute atomic E-state index is 11.7. The molecule has 1 N–H and O–H groups in total. The van der Waals surface area contributed by atoms with Gasteiger partial charge >= 0.3 is 5.97 Å². The molecule has 2 aromatic carbocycles. The molecule has 0 unspecified atom stereocenters. The van der Waals surface area contributed by atoms with Crippen LogP contribution in [-0.2, 0) is 22.7 Å². The molecule has 0 bridgehead atoms. The van der Waals surface area contributed by atoms with Gasteiger partial charge in [-0.15, -0.1) is 0 Å². The molecule has 2 aromatic rings. The van der Waals surface area contributed by atoms with Crippen LogP contribution in [0.5, 0.6) is 5.75 Å². The standard InChI is InChI=1S/C17H17ClO4/c1-12-2-7-16(15(18)8-12)21-11-17(20)22-10-14-5-3-13(9-19)4-6-14/h2-8,19H,9-11H2,1H3. The van der Waals surface area contributed by atoms with Crippen molar-refractivity contribution in [2.45, 2.75) is 20.1 Å². The summed E-state index contributed by atoms with van der Waals surface area (Å²) in [5.74, 6) is -0.0145. The van der Waals surface area contributed by atoms with Crippen molar-refractivity contribution >= 4 is 17.6 Å². The minimum Gasteiger partial charge on any atom is -0.480 e. The highest BCUT2D eigenvalue weighted by molar-refractivity contribution is 6.32. The third-order valence-corrected chi connectivity index (χ3v) is 3.33. The number of esters is 1. The molecule has 0 spiro atoms. The Morgan fingerprint density at radius 1 is 1.14 bits per heavy atom. The summed E-state index contributed by atoms with van der Waals surface area (Å²) < 4.78 is 10.5. The lowest BCUT2D eigenvalue weighted by Gasteiger charge is -2.09. The zero-order valence-corrected chi connectivity index (χ0v) is 13.0. The van der Waals surface area contributed by atoms with Crippen molar-refractivity contribution in [3.05, 3.63) is 64.2 Å². The second kappa shape index (κ2) is 7.82. The summed E-state index contributed by atoms with van der Waals surface area (Å²) in [4.78, 5) is 11.7. The molecule has 0 aromatic heterocycles. The molecule has 4 nitrogen and oxygen atoms in total. The minimum atomic E-state index is -0.470. The third kappa shape index (κ3) is 4.76. The van der Waals surface area contributed by atoms with Gasteiger partial charge in [0, 0.05) is 0 Å². The van der Waals surface area contributed by atoms with E-state index in [9.17, 15) is 4.79 Å². The fraction of sp³-hybridized carbons (Fsp3) is 0.235. The molecule has 0 heterocycles. The minimum absolute atomic E-state index is 0.00871. The molecule has 0 amide bonds. The predicted molar refractivity (Wildman–Crippen MR) is 83.8 cm³/mol. The first-order chi connectivity index (χ1) is 10.6. The lowest BCUT2D eigenvalue weighted by Crippen LogP contribution is -2.15. The van der Waals surface area contributed by atoms with E-state index in [1.54, 1.807) is 36.4 Å². The summed E-state index contributed by atoms with van der Waals surface area (Å²) in [7, 11) is 0. The van der Waals surface area contributed by atoms with Gasteiger partial charge in [-0.3, -0.25) is 0 Å². The molecular weight excluding hydrogens is 304 g/mol. The van der Waals surface area contributed by atoms with Crippen LogP contribution < -0.4 is 4.74 Å². The SMILES string of the molecule is Cc1ccc(OCC(=O)OCc2ccc(CO)cc2)c(Cl)c1. The highest BCUT2D eigenvalue weighted by Gasteiger charge is 2.07. The van der Waals surface area contributed by atoms with Crippen LogP contribution >= 0.6 is 11.6 Å². The molecule has 0 aliphatic heterocycles. The molecule has 2 rings (SSSR count). The van der Waals surface area contributed by atoms with Crippen molar-refractivity contribution in [1.29, 1.82) is 0 Å². The van der Waals surface area contributed by atoms with E-state index in [1.807, 2.05) is 13.0 Å². The number of aliphatic hydroxyl groups excluding tert-OH is 1. The average Bonchev–Trinajstić information content (AvgIpc) is 2.52. The van der Waals surface area contributed by atoms with Crippen LogP contribution in [0.4, 0.5) is 0 Å². The second-order valence-electron chi connectivity index (χ2n) is 4.86. The molecule has 0 atom stereocenters. The Kier molecular flexibility index (Phi) is 5.81. The van der Waals surface area contributed by atoms with Gasteiger partial charge in [0.15, 0.2) is 6.61 Å². The van der Waals surface area contributed by atoms with Crippen molar-refractivity contribution < 1.29 is 19.4 Å². The van der Waals surface area contributed by atoms with Gasteiger partial charge in [0.25, 0.3) is 0 Å². The lowest BCUT2D eigenvalue weighted by molar-refractivity contribution is -0.147. The number of hydrogen-bond acceptors (Lipinski definition) is 4. The van der Waals surface area contributed by atoms with E-state index in [4.69, 9.17) is 26.2 Å². The molecule has 22 heavy (non-hydrogen) atoms. The summed E-state index contributed by atoms with van der Waals surface area (Å²) in [6.45, 7) is 1.88. The summed E-state index contributed by atoms with van der Waals surface area (Å²) in [6, 6.07) is 12.5. The number of benzene rings is 2. The number of halogens is 1. The molecule has 116 valence electrons. The van der Waals surface area contributed by atoms with E-state index in [0.717, 1.165) is 16.7 Å². The van der Waals surface area contributed by atoms with E-state index < -0.39 is 5.97 Å². The number of carbonyl (C=O) groups excluding carboxylic acids is 1. The summed E-state index contributed by atoms with van der Waals surface area (Å²) >= 11 is 6.02. The van der Waals surface area contributed by atoms with Crippen LogP contribution in [0.25, 0.3) is 0 Å². The van der Waals surface area contributed by atoms with E-state index >= 15 is 0 Å². The van der Waals surface area contributed by atoms with Crippen LogP contribution in [-0.4, -0.2) is 17.7 Å². The Bertz CT molecular complexity index is 638. The van der Waals surface area contributed by atoms with Gasteiger partial charge in [0.05, 0.1) is 11.6 Å². The lowest BCUT2D eigenvalue weighted by atomic mass is 10.1. The van der Waals surface area contributed by atoms with Gasteiger partial charge < -0.3 is 14.6 Å². The van der Waals surface area contributed by atoms with Crippen LogP contribution in [0.2, 0.25) is 5.02 Å². The van der Waals surface area contributed by atoms with Crippen molar-refractivity contribution in [3.8, 4) is 5.75 Å². The quantitative estimate of drug-likeness (QED) is 0.830. The van der Waals surface area contributed by atoms with E-state index in [0.29, 0.717) is 10.8 Å². The number of rotatable bonds is 6. The number of aliphatic hydroxyl groups is 1. The van der Waals surface area contributed by atoms with Crippen LogP contribution in [0.3, 0.4) is 0 Å². The van der Waals surface area contributed by atoms with Gasteiger partial charge in [-0.05, 0) is 35.7 Å². The van der Waals surface area contributed by atoms with Crippen molar-refractivity contribution in [2.24, 2.45) is 0 Å². The van der Waals surface area contributed by atoms with Crippen molar-refractivity contribution in [3.63, 3.8) is 0 Å². The first kappa shape index (κ1) is 16.3. The number of aryl methyl sites for hydroxylation is 1. The Balaban J connectivity index is 1.80. The highest BCUT2D eigenvalue weighted by atomic mass is 35.5. The Labute approximate surface area is 134 Å². The largest absolute Gasteiger partial charge is 0.480 e. The van der Waals surface area contributed by atoms with Gasteiger partial charge in [0.1, 0.15) is 12.4 Å². The molecule has 0 radical (unpaired) electrons. The second-order valence-corrected chi connectivity index (χ2v) is 5.27. The van der Waals surface area contributed by atoms with Crippen LogP contribution in [0.15, 0.2) is 42.5 Å². The fourth-order valence-corrected chi connectivity index (χ4v) is 2.10. The zero-order chi connectivity index (χ0) is 15.9. The number of carbonyl (C=O) groups is 1. The summed E-state index contributed by atoms with van der Waals surface area (Å²) in [6.07, 6.45) is 0. The van der Waals surface area contributed by atoms with Gasteiger partial charge in [-0.2, -0.15) is 0 Å².